The molecule has 6 heteroatoms. The van der Waals surface area contributed by atoms with E-state index in [4.69, 9.17) is 9.47 Å². The Morgan fingerprint density at radius 1 is 1.03 bits per heavy atom. The third kappa shape index (κ3) is 5.42. The van der Waals surface area contributed by atoms with E-state index >= 15 is 0 Å². The Labute approximate surface area is 186 Å². The van der Waals surface area contributed by atoms with E-state index in [9.17, 15) is 4.79 Å². The maximum absolute atomic E-state index is 13.1. The van der Waals surface area contributed by atoms with Crippen LogP contribution in [0.5, 0.6) is 11.5 Å². The first-order valence-electron chi connectivity index (χ1n) is 11.8. The highest BCUT2D eigenvalue weighted by Gasteiger charge is 2.35. The second-order valence-corrected chi connectivity index (χ2v) is 9.12. The predicted molar refractivity (Wildman–Crippen MR) is 122 cm³/mol. The SMILES string of the molecule is COc1cc(C)c(CN2CCN(CC(=O)N(C3=CCCCC3)C3CC3)CC2)cc1OC. The number of piperazine rings is 1. The van der Waals surface area contributed by atoms with Crippen molar-refractivity contribution >= 4 is 5.91 Å². The van der Waals surface area contributed by atoms with Crippen molar-refractivity contribution in [2.75, 3.05) is 46.9 Å². The molecule has 1 amide bonds. The fourth-order valence-corrected chi connectivity index (χ4v) is 4.78. The molecule has 0 spiro atoms. The number of carbonyl (C=O) groups is 1. The molecule has 1 saturated heterocycles. The lowest BCUT2D eigenvalue weighted by atomic mass is 10.0. The summed E-state index contributed by atoms with van der Waals surface area (Å²) in [5.41, 5.74) is 3.78. The van der Waals surface area contributed by atoms with Crippen LogP contribution < -0.4 is 9.47 Å². The average Bonchev–Trinajstić information content (AvgIpc) is 3.62. The molecule has 1 aromatic carbocycles. The highest BCUT2D eigenvalue weighted by atomic mass is 16.5. The number of carbonyl (C=O) groups excluding carboxylic acids is 1. The van der Waals surface area contributed by atoms with Crippen molar-refractivity contribution < 1.29 is 14.3 Å². The van der Waals surface area contributed by atoms with Gasteiger partial charge in [-0.25, -0.2) is 0 Å². The zero-order valence-electron chi connectivity index (χ0n) is 19.4. The van der Waals surface area contributed by atoms with Gasteiger partial charge >= 0.3 is 0 Å². The summed E-state index contributed by atoms with van der Waals surface area (Å²) in [5, 5.41) is 0. The Kier molecular flexibility index (Phi) is 7.18. The summed E-state index contributed by atoms with van der Waals surface area (Å²) in [4.78, 5) is 20.1. The van der Waals surface area contributed by atoms with Crippen LogP contribution in [-0.2, 0) is 11.3 Å². The largest absolute Gasteiger partial charge is 0.493 e. The molecular formula is C25H37N3O3. The van der Waals surface area contributed by atoms with Crippen molar-refractivity contribution in [2.45, 2.75) is 58.0 Å². The summed E-state index contributed by atoms with van der Waals surface area (Å²) < 4.78 is 10.9. The average molecular weight is 428 g/mol. The highest BCUT2D eigenvalue weighted by Crippen LogP contribution is 2.34. The fourth-order valence-electron chi connectivity index (χ4n) is 4.78. The first-order valence-corrected chi connectivity index (χ1v) is 11.8. The van der Waals surface area contributed by atoms with E-state index in [0.29, 0.717) is 18.5 Å². The molecule has 1 aromatic rings. The summed E-state index contributed by atoms with van der Waals surface area (Å²) in [6.07, 6.45) is 9.32. The van der Waals surface area contributed by atoms with Crippen LogP contribution in [-0.4, -0.2) is 73.6 Å². The molecular weight excluding hydrogens is 390 g/mol. The van der Waals surface area contributed by atoms with E-state index in [1.54, 1.807) is 14.2 Å². The molecule has 2 fully saturated rings. The predicted octanol–water partition coefficient (Wildman–Crippen LogP) is 3.58. The maximum atomic E-state index is 13.1. The van der Waals surface area contributed by atoms with Gasteiger partial charge in [0.05, 0.1) is 20.8 Å². The normalized spacial score (nSPS) is 20.3. The van der Waals surface area contributed by atoms with Crippen LogP contribution in [0.2, 0.25) is 0 Å². The molecule has 3 aliphatic rings. The van der Waals surface area contributed by atoms with E-state index in [0.717, 1.165) is 57.1 Å². The van der Waals surface area contributed by atoms with Gasteiger partial charge in [0.2, 0.25) is 5.91 Å². The first-order chi connectivity index (χ1) is 15.1. The summed E-state index contributed by atoms with van der Waals surface area (Å²) in [5.74, 6) is 1.87. The minimum absolute atomic E-state index is 0.305. The molecule has 170 valence electrons. The van der Waals surface area contributed by atoms with Gasteiger partial charge in [0.15, 0.2) is 11.5 Å². The van der Waals surface area contributed by atoms with Crippen LogP contribution in [0.1, 0.15) is 49.7 Å². The topological polar surface area (TPSA) is 45.2 Å². The summed E-state index contributed by atoms with van der Waals surface area (Å²) in [6.45, 7) is 7.41. The van der Waals surface area contributed by atoms with Crippen molar-refractivity contribution in [3.8, 4) is 11.5 Å². The van der Waals surface area contributed by atoms with Crippen molar-refractivity contribution in [2.24, 2.45) is 0 Å². The van der Waals surface area contributed by atoms with Gasteiger partial charge < -0.3 is 14.4 Å². The van der Waals surface area contributed by atoms with Gasteiger partial charge in [0.1, 0.15) is 0 Å². The summed E-state index contributed by atoms with van der Waals surface area (Å²) >= 11 is 0. The molecule has 31 heavy (non-hydrogen) atoms. The van der Waals surface area contributed by atoms with Gasteiger partial charge in [-0.1, -0.05) is 6.08 Å². The number of methoxy groups -OCH3 is 2. The number of allylic oxidation sites excluding steroid dienone is 2. The van der Waals surface area contributed by atoms with Gasteiger partial charge in [0, 0.05) is 44.5 Å². The van der Waals surface area contributed by atoms with Crippen LogP contribution in [0.3, 0.4) is 0 Å². The van der Waals surface area contributed by atoms with E-state index in [1.165, 1.54) is 42.5 Å². The fraction of sp³-hybridized carbons (Fsp3) is 0.640. The number of nitrogens with zero attached hydrogens (tertiary/aromatic N) is 3. The second kappa shape index (κ2) is 10.0. The lowest BCUT2D eigenvalue weighted by Gasteiger charge is -2.36. The molecule has 0 aromatic heterocycles. The van der Waals surface area contributed by atoms with Gasteiger partial charge in [0.25, 0.3) is 0 Å². The van der Waals surface area contributed by atoms with E-state index < -0.39 is 0 Å². The van der Waals surface area contributed by atoms with Crippen LogP contribution in [0.25, 0.3) is 0 Å². The zero-order valence-corrected chi connectivity index (χ0v) is 19.4. The standard InChI is InChI=1S/C25H37N3O3/c1-19-15-23(30-2)24(31-3)16-20(19)17-26-11-13-27(14-12-26)18-25(29)28(22-9-10-22)21-7-5-4-6-8-21/h7,15-16,22H,4-6,8-14,17-18H2,1-3H3. The van der Waals surface area contributed by atoms with E-state index in [1.807, 2.05) is 0 Å². The number of hydrogen-bond acceptors (Lipinski definition) is 5. The highest BCUT2D eigenvalue weighted by molar-refractivity contribution is 5.80. The van der Waals surface area contributed by atoms with E-state index in [-0.39, 0.29) is 0 Å². The quantitative estimate of drug-likeness (QED) is 0.635. The van der Waals surface area contributed by atoms with E-state index in [2.05, 4.69) is 39.8 Å². The number of amides is 1. The van der Waals surface area contributed by atoms with Crippen LogP contribution in [0, 0.1) is 6.92 Å². The Balaban J connectivity index is 1.31. The lowest BCUT2D eigenvalue weighted by Crippen LogP contribution is -2.50. The minimum Gasteiger partial charge on any atom is -0.493 e. The molecule has 0 radical (unpaired) electrons. The van der Waals surface area contributed by atoms with Gasteiger partial charge in [-0.15, -0.1) is 0 Å². The maximum Gasteiger partial charge on any atom is 0.241 e. The molecule has 0 N–H and O–H groups in total. The number of rotatable bonds is 8. The zero-order chi connectivity index (χ0) is 21.8. The third-order valence-corrected chi connectivity index (χ3v) is 6.82. The Bertz CT molecular complexity index is 810. The van der Waals surface area contributed by atoms with Crippen molar-refractivity contribution in [1.29, 1.82) is 0 Å². The van der Waals surface area contributed by atoms with Gasteiger partial charge in [-0.3, -0.25) is 14.6 Å². The molecule has 0 atom stereocenters. The van der Waals surface area contributed by atoms with Gasteiger partial charge in [-0.2, -0.15) is 0 Å². The molecule has 0 unspecified atom stereocenters. The number of benzene rings is 1. The molecule has 1 heterocycles. The van der Waals surface area contributed by atoms with Crippen molar-refractivity contribution in [3.05, 3.63) is 35.0 Å². The Morgan fingerprint density at radius 2 is 1.71 bits per heavy atom. The van der Waals surface area contributed by atoms with Crippen LogP contribution >= 0.6 is 0 Å². The van der Waals surface area contributed by atoms with Crippen molar-refractivity contribution in [3.63, 3.8) is 0 Å². The lowest BCUT2D eigenvalue weighted by molar-refractivity contribution is -0.131. The summed E-state index contributed by atoms with van der Waals surface area (Å²) in [6, 6.07) is 4.61. The van der Waals surface area contributed by atoms with Crippen molar-refractivity contribution in [1.82, 2.24) is 14.7 Å². The van der Waals surface area contributed by atoms with Crippen LogP contribution in [0.15, 0.2) is 23.9 Å². The van der Waals surface area contributed by atoms with Gasteiger partial charge in [-0.05, 0) is 68.7 Å². The molecule has 1 aliphatic heterocycles. The third-order valence-electron chi connectivity index (χ3n) is 6.82. The first kappa shape index (κ1) is 22.2. The Morgan fingerprint density at radius 3 is 2.32 bits per heavy atom. The number of hydrogen-bond donors (Lipinski definition) is 0. The number of ether oxygens (including phenoxy) is 2. The smallest absolute Gasteiger partial charge is 0.241 e. The molecule has 4 rings (SSSR count). The molecule has 1 saturated carbocycles. The molecule has 6 nitrogen and oxygen atoms in total. The summed E-state index contributed by atoms with van der Waals surface area (Å²) in [7, 11) is 3.35. The van der Waals surface area contributed by atoms with Crippen LogP contribution in [0.4, 0.5) is 0 Å². The molecule has 2 aliphatic carbocycles. The molecule has 0 bridgehead atoms. The second-order valence-electron chi connectivity index (χ2n) is 9.12. The Hall–Kier alpha value is -2.05. The minimum atomic E-state index is 0.305. The number of aryl methyl sites for hydroxylation is 1. The monoisotopic (exact) mass is 427 g/mol.